The third kappa shape index (κ3) is 1.54. The van der Waals surface area contributed by atoms with Gasteiger partial charge in [-0.05, 0) is 12.1 Å². The van der Waals surface area contributed by atoms with E-state index in [2.05, 4.69) is 4.98 Å². The third-order valence-electron chi connectivity index (χ3n) is 2.15. The van der Waals surface area contributed by atoms with E-state index in [-0.39, 0.29) is 12.3 Å². The van der Waals surface area contributed by atoms with Gasteiger partial charge in [-0.1, -0.05) is 0 Å². The van der Waals surface area contributed by atoms with E-state index >= 15 is 0 Å². The minimum atomic E-state index is -0.582. The minimum absolute atomic E-state index is 0.102. The molecule has 1 unspecified atom stereocenters. The van der Waals surface area contributed by atoms with Crippen LogP contribution in [0.4, 0.5) is 11.5 Å². The molecule has 1 aromatic rings. The van der Waals surface area contributed by atoms with Gasteiger partial charge in [-0.15, -0.1) is 0 Å². The second-order valence-corrected chi connectivity index (χ2v) is 3.31. The average Bonchev–Trinajstić information content (AvgIpc) is 2.47. The van der Waals surface area contributed by atoms with Crippen LogP contribution in [0.5, 0.6) is 0 Å². The maximum absolute atomic E-state index is 11.4. The number of nitrogen functional groups attached to an aromatic ring is 1. The standard InChI is InChI=1S/C9H11N3O2/c10-6-1-2-8(11-4-6)12-5-7(13)3-9(12)14/h1-2,4,7,13H,3,5,10H2. The van der Waals surface area contributed by atoms with Crippen LogP contribution in [0.1, 0.15) is 6.42 Å². The molecule has 2 heterocycles. The van der Waals surface area contributed by atoms with Crippen molar-refractivity contribution in [1.29, 1.82) is 0 Å². The zero-order valence-corrected chi connectivity index (χ0v) is 7.55. The fourth-order valence-corrected chi connectivity index (χ4v) is 1.47. The summed E-state index contributed by atoms with van der Waals surface area (Å²) in [4.78, 5) is 16.8. The highest BCUT2D eigenvalue weighted by atomic mass is 16.3. The fraction of sp³-hybridized carbons (Fsp3) is 0.333. The van der Waals surface area contributed by atoms with E-state index in [0.717, 1.165) is 0 Å². The summed E-state index contributed by atoms with van der Waals surface area (Å²) in [6.07, 6.45) is 1.08. The Bertz CT molecular complexity index is 350. The fourth-order valence-electron chi connectivity index (χ4n) is 1.47. The van der Waals surface area contributed by atoms with Gasteiger partial charge in [-0.3, -0.25) is 9.69 Å². The van der Waals surface area contributed by atoms with E-state index < -0.39 is 6.10 Å². The molecule has 0 aromatic carbocycles. The van der Waals surface area contributed by atoms with Crippen LogP contribution >= 0.6 is 0 Å². The van der Waals surface area contributed by atoms with E-state index in [1.807, 2.05) is 0 Å². The van der Waals surface area contributed by atoms with Crippen molar-refractivity contribution in [2.75, 3.05) is 17.2 Å². The number of aliphatic hydroxyl groups is 1. The van der Waals surface area contributed by atoms with Gasteiger partial charge in [0.05, 0.1) is 31.0 Å². The molecule has 2 rings (SSSR count). The van der Waals surface area contributed by atoms with Crippen molar-refractivity contribution in [3.05, 3.63) is 18.3 Å². The first kappa shape index (κ1) is 8.96. The van der Waals surface area contributed by atoms with Crippen molar-refractivity contribution in [3.8, 4) is 0 Å². The molecule has 1 amide bonds. The van der Waals surface area contributed by atoms with Crippen LogP contribution < -0.4 is 10.6 Å². The molecule has 74 valence electrons. The van der Waals surface area contributed by atoms with Crippen LogP contribution in [0.2, 0.25) is 0 Å². The largest absolute Gasteiger partial charge is 0.397 e. The number of aliphatic hydroxyl groups excluding tert-OH is 1. The van der Waals surface area contributed by atoms with Gasteiger partial charge in [0.15, 0.2) is 0 Å². The molecule has 0 aliphatic carbocycles. The molecule has 0 spiro atoms. The molecule has 5 nitrogen and oxygen atoms in total. The lowest BCUT2D eigenvalue weighted by atomic mass is 10.3. The molecule has 0 radical (unpaired) electrons. The predicted molar refractivity (Wildman–Crippen MR) is 51.6 cm³/mol. The first-order valence-corrected chi connectivity index (χ1v) is 4.37. The van der Waals surface area contributed by atoms with Crippen molar-refractivity contribution in [3.63, 3.8) is 0 Å². The molecule has 1 saturated heterocycles. The van der Waals surface area contributed by atoms with Crippen LogP contribution in [-0.2, 0) is 4.79 Å². The number of hydrogen-bond acceptors (Lipinski definition) is 4. The molecule has 3 N–H and O–H groups in total. The first-order valence-electron chi connectivity index (χ1n) is 4.37. The molecule has 1 fully saturated rings. The van der Waals surface area contributed by atoms with Crippen LogP contribution in [0.3, 0.4) is 0 Å². The number of nitrogens with zero attached hydrogens (tertiary/aromatic N) is 2. The Kier molecular flexibility index (Phi) is 2.09. The Balaban J connectivity index is 2.23. The topological polar surface area (TPSA) is 79.5 Å². The zero-order valence-electron chi connectivity index (χ0n) is 7.55. The van der Waals surface area contributed by atoms with E-state index in [9.17, 15) is 9.90 Å². The quantitative estimate of drug-likeness (QED) is 0.645. The molecule has 0 bridgehead atoms. The van der Waals surface area contributed by atoms with Crippen molar-refractivity contribution < 1.29 is 9.90 Å². The molecule has 1 aliphatic heterocycles. The summed E-state index contributed by atoms with van der Waals surface area (Å²) >= 11 is 0. The first-order chi connectivity index (χ1) is 6.66. The Morgan fingerprint density at radius 2 is 2.36 bits per heavy atom. The summed E-state index contributed by atoms with van der Waals surface area (Å²) in [6, 6.07) is 3.35. The smallest absolute Gasteiger partial charge is 0.230 e. The lowest BCUT2D eigenvalue weighted by molar-refractivity contribution is -0.117. The van der Waals surface area contributed by atoms with Gasteiger partial charge in [-0.2, -0.15) is 0 Å². The normalized spacial score (nSPS) is 21.6. The Hall–Kier alpha value is -1.62. The highest BCUT2D eigenvalue weighted by Crippen LogP contribution is 2.19. The predicted octanol–water partition coefficient (Wildman–Crippen LogP) is -0.239. The highest BCUT2D eigenvalue weighted by Gasteiger charge is 2.29. The molecule has 1 atom stereocenters. The summed E-state index contributed by atoms with van der Waals surface area (Å²) < 4.78 is 0. The van der Waals surface area contributed by atoms with Gasteiger partial charge in [0.1, 0.15) is 5.82 Å². The lowest BCUT2D eigenvalue weighted by Gasteiger charge is -2.14. The van der Waals surface area contributed by atoms with E-state index in [1.165, 1.54) is 11.1 Å². The van der Waals surface area contributed by atoms with Crippen LogP contribution in [0.15, 0.2) is 18.3 Å². The summed E-state index contributed by atoms with van der Waals surface area (Å²) in [5.74, 6) is 0.440. The van der Waals surface area contributed by atoms with Gasteiger partial charge >= 0.3 is 0 Å². The number of aromatic nitrogens is 1. The van der Waals surface area contributed by atoms with E-state index in [4.69, 9.17) is 5.73 Å². The lowest BCUT2D eigenvalue weighted by Crippen LogP contribution is -2.26. The van der Waals surface area contributed by atoms with E-state index in [0.29, 0.717) is 18.1 Å². The molecule has 1 aromatic heterocycles. The molecule has 14 heavy (non-hydrogen) atoms. The van der Waals surface area contributed by atoms with Crippen molar-refractivity contribution >= 4 is 17.4 Å². The minimum Gasteiger partial charge on any atom is -0.397 e. The Morgan fingerprint density at radius 1 is 1.57 bits per heavy atom. The molecule has 5 heteroatoms. The zero-order chi connectivity index (χ0) is 10.1. The number of hydrogen-bond donors (Lipinski definition) is 2. The second-order valence-electron chi connectivity index (χ2n) is 3.31. The number of nitrogens with two attached hydrogens (primary N) is 1. The molecule has 1 aliphatic rings. The summed E-state index contributed by atoms with van der Waals surface area (Å²) in [5, 5.41) is 9.27. The van der Waals surface area contributed by atoms with Crippen molar-refractivity contribution in [2.45, 2.75) is 12.5 Å². The van der Waals surface area contributed by atoms with Gasteiger partial charge in [0.25, 0.3) is 0 Å². The number of rotatable bonds is 1. The van der Waals surface area contributed by atoms with Crippen LogP contribution in [-0.4, -0.2) is 28.6 Å². The number of carbonyl (C=O) groups excluding carboxylic acids is 1. The van der Waals surface area contributed by atoms with Gasteiger partial charge in [0, 0.05) is 0 Å². The summed E-state index contributed by atoms with van der Waals surface area (Å²) in [6.45, 7) is 0.315. The van der Waals surface area contributed by atoms with Gasteiger partial charge in [0.2, 0.25) is 5.91 Å². The number of anilines is 2. The second kappa shape index (κ2) is 3.26. The SMILES string of the molecule is Nc1ccc(N2CC(O)CC2=O)nc1. The van der Waals surface area contributed by atoms with Crippen molar-refractivity contribution in [1.82, 2.24) is 4.98 Å². The number of carbonyl (C=O) groups is 1. The van der Waals surface area contributed by atoms with Crippen LogP contribution in [0.25, 0.3) is 0 Å². The molecular weight excluding hydrogens is 182 g/mol. The Labute approximate surface area is 81.2 Å². The van der Waals surface area contributed by atoms with E-state index in [1.54, 1.807) is 12.1 Å². The maximum atomic E-state index is 11.4. The molecular formula is C9H11N3O2. The summed E-state index contributed by atoms with van der Waals surface area (Å²) in [5.41, 5.74) is 6.03. The number of pyridine rings is 1. The summed E-state index contributed by atoms with van der Waals surface area (Å²) in [7, 11) is 0. The third-order valence-corrected chi connectivity index (χ3v) is 2.15. The van der Waals surface area contributed by atoms with Gasteiger partial charge in [-0.25, -0.2) is 4.98 Å². The highest BCUT2D eigenvalue weighted by molar-refractivity contribution is 5.95. The van der Waals surface area contributed by atoms with Crippen molar-refractivity contribution in [2.24, 2.45) is 0 Å². The number of amides is 1. The Morgan fingerprint density at radius 3 is 2.86 bits per heavy atom. The molecule has 0 saturated carbocycles. The van der Waals surface area contributed by atoms with Gasteiger partial charge < -0.3 is 10.8 Å². The average molecular weight is 193 g/mol. The van der Waals surface area contributed by atoms with Crippen LogP contribution in [0, 0.1) is 0 Å². The monoisotopic (exact) mass is 193 g/mol. The number of β-amino-alcohol motifs (C(OH)–C–C–N with tert-alkyl or cyclic N) is 1. The maximum Gasteiger partial charge on any atom is 0.230 e.